The van der Waals surface area contributed by atoms with Crippen molar-refractivity contribution in [1.82, 2.24) is 15.5 Å². The molecule has 1 aromatic rings. The lowest BCUT2D eigenvalue weighted by Crippen LogP contribution is -2.32. The number of carbonyl (C=O) groups is 1. The molecule has 0 aliphatic carbocycles. The molecule has 1 N–H and O–H groups in total. The number of aromatic nitrogens is 2. The van der Waals surface area contributed by atoms with E-state index in [2.05, 4.69) is 22.4 Å². The molecular formula is C11H18ClN3OS. The zero-order valence-electron chi connectivity index (χ0n) is 10.2. The molecule has 0 fully saturated rings. The molecule has 0 saturated carbocycles. The fraction of sp³-hybridized carbons (Fsp3) is 0.727. The van der Waals surface area contributed by atoms with E-state index in [0.717, 1.165) is 24.2 Å². The molecular weight excluding hydrogens is 258 g/mol. The van der Waals surface area contributed by atoms with Gasteiger partial charge in [0.15, 0.2) is 0 Å². The summed E-state index contributed by atoms with van der Waals surface area (Å²) in [6.45, 7) is 4.19. The zero-order valence-corrected chi connectivity index (χ0v) is 11.8. The maximum atomic E-state index is 11.7. The number of nitrogens with zero attached hydrogens (tertiary/aromatic N) is 2. The van der Waals surface area contributed by atoms with Crippen molar-refractivity contribution in [2.45, 2.75) is 52.0 Å². The molecule has 6 heteroatoms. The van der Waals surface area contributed by atoms with Gasteiger partial charge in [-0.15, -0.1) is 10.2 Å². The monoisotopic (exact) mass is 275 g/mol. The molecule has 0 spiro atoms. The van der Waals surface area contributed by atoms with Gasteiger partial charge < -0.3 is 5.32 Å². The first-order chi connectivity index (χ1) is 8.13. The topological polar surface area (TPSA) is 54.9 Å². The van der Waals surface area contributed by atoms with E-state index in [9.17, 15) is 4.79 Å². The van der Waals surface area contributed by atoms with E-state index in [0.29, 0.717) is 9.47 Å². The minimum Gasteiger partial charge on any atom is -0.347 e. The van der Waals surface area contributed by atoms with Crippen molar-refractivity contribution in [1.29, 1.82) is 0 Å². The minimum absolute atomic E-state index is 0.169. The summed E-state index contributed by atoms with van der Waals surface area (Å²) in [5.41, 5.74) is 0. The number of nitrogens with one attached hydrogen (secondary N) is 1. The lowest BCUT2D eigenvalue weighted by molar-refractivity contribution is 0.0937. The van der Waals surface area contributed by atoms with Crippen LogP contribution in [0.4, 0.5) is 0 Å². The predicted octanol–water partition coefficient (Wildman–Crippen LogP) is 3.28. The van der Waals surface area contributed by atoms with Crippen LogP contribution in [0.15, 0.2) is 0 Å². The highest BCUT2D eigenvalue weighted by Gasteiger charge is 2.14. The van der Waals surface area contributed by atoms with Gasteiger partial charge in [0.1, 0.15) is 0 Å². The fourth-order valence-corrected chi connectivity index (χ4v) is 2.26. The molecule has 17 heavy (non-hydrogen) atoms. The second-order valence-electron chi connectivity index (χ2n) is 4.08. The first-order valence-corrected chi connectivity index (χ1v) is 7.12. The third-order valence-corrected chi connectivity index (χ3v) is 3.48. The maximum absolute atomic E-state index is 11.7. The molecule has 0 aliphatic heterocycles. The standard InChI is InChI=1S/C11H18ClN3OS/c1-3-4-5-6-7-8(2)13-9(16)10-14-15-11(12)17-10/h8H,3-7H2,1-2H3,(H,13,16). The van der Waals surface area contributed by atoms with E-state index >= 15 is 0 Å². The predicted molar refractivity (Wildman–Crippen MR) is 70.6 cm³/mol. The van der Waals surface area contributed by atoms with Crippen LogP contribution in [0.5, 0.6) is 0 Å². The molecule has 96 valence electrons. The SMILES string of the molecule is CCCCCCC(C)NC(=O)c1nnc(Cl)s1. The third-order valence-electron chi connectivity index (χ3n) is 2.46. The molecule has 0 aromatic carbocycles. The summed E-state index contributed by atoms with van der Waals surface area (Å²) in [4.78, 5) is 11.7. The van der Waals surface area contributed by atoms with E-state index in [1.54, 1.807) is 0 Å². The summed E-state index contributed by atoms with van der Waals surface area (Å²) in [5, 5.41) is 10.5. The van der Waals surface area contributed by atoms with Gasteiger partial charge in [-0.2, -0.15) is 0 Å². The number of amides is 1. The summed E-state index contributed by atoms with van der Waals surface area (Å²) in [7, 11) is 0. The number of rotatable bonds is 7. The number of carbonyl (C=O) groups excluding carboxylic acids is 1. The van der Waals surface area contributed by atoms with E-state index in [1.165, 1.54) is 19.3 Å². The van der Waals surface area contributed by atoms with Crippen molar-refractivity contribution < 1.29 is 4.79 Å². The Morgan fingerprint density at radius 1 is 1.41 bits per heavy atom. The Balaban J connectivity index is 2.26. The van der Waals surface area contributed by atoms with E-state index in [1.807, 2.05) is 6.92 Å². The van der Waals surface area contributed by atoms with Crippen molar-refractivity contribution >= 4 is 28.8 Å². The van der Waals surface area contributed by atoms with Crippen LogP contribution in [-0.2, 0) is 0 Å². The van der Waals surface area contributed by atoms with Gasteiger partial charge in [-0.1, -0.05) is 43.9 Å². The van der Waals surface area contributed by atoms with Crippen LogP contribution in [0.1, 0.15) is 55.8 Å². The lowest BCUT2D eigenvalue weighted by atomic mass is 10.1. The van der Waals surface area contributed by atoms with Crippen LogP contribution in [0.3, 0.4) is 0 Å². The quantitative estimate of drug-likeness (QED) is 0.777. The van der Waals surface area contributed by atoms with E-state index in [4.69, 9.17) is 11.6 Å². The first-order valence-electron chi connectivity index (χ1n) is 5.93. The molecule has 1 rings (SSSR count). The Labute approximate surface area is 111 Å². The number of halogens is 1. The molecule has 0 aliphatic rings. The molecule has 0 bridgehead atoms. The van der Waals surface area contributed by atoms with Gasteiger partial charge in [0, 0.05) is 6.04 Å². The van der Waals surface area contributed by atoms with Crippen molar-refractivity contribution in [3.63, 3.8) is 0 Å². The Morgan fingerprint density at radius 3 is 2.76 bits per heavy atom. The largest absolute Gasteiger partial charge is 0.347 e. The Bertz CT molecular complexity index is 356. The van der Waals surface area contributed by atoms with Gasteiger partial charge in [-0.05, 0) is 24.9 Å². The third kappa shape index (κ3) is 5.46. The molecule has 4 nitrogen and oxygen atoms in total. The van der Waals surface area contributed by atoms with Crippen molar-refractivity contribution in [3.8, 4) is 0 Å². The highest BCUT2D eigenvalue weighted by molar-refractivity contribution is 7.17. The van der Waals surface area contributed by atoms with E-state index in [-0.39, 0.29) is 11.9 Å². The van der Waals surface area contributed by atoms with Gasteiger partial charge >= 0.3 is 0 Å². The minimum atomic E-state index is -0.183. The molecule has 1 unspecified atom stereocenters. The van der Waals surface area contributed by atoms with Crippen molar-refractivity contribution in [2.75, 3.05) is 0 Å². The molecule has 1 heterocycles. The number of unbranched alkanes of at least 4 members (excludes halogenated alkanes) is 3. The van der Waals surface area contributed by atoms with Crippen LogP contribution in [-0.4, -0.2) is 22.1 Å². The van der Waals surface area contributed by atoms with Gasteiger partial charge in [0.05, 0.1) is 0 Å². The second-order valence-corrected chi connectivity index (χ2v) is 5.64. The first kappa shape index (κ1) is 14.4. The summed E-state index contributed by atoms with van der Waals surface area (Å²) < 4.78 is 0.297. The summed E-state index contributed by atoms with van der Waals surface area (Å²) in [5.74, 6) is -0.183. The van der Waals surface area contributed by atoms with Crippen LogP contribution in [0.25, 0.3) is 0 Å². The molecule has 0 saturated heterocycles. The summed E-state index contributed by atoms with van der Waals surface area (Å²) >= 11 is 6.73. The zero-order chi connectivity index (χ0) is 12.7. The summed E-state index contributed by atoms with van der Waals surface area (Å²) in [6, 6.07) is 0.169. The Hall–Kier alpha value is -0.680. The molecule has 1 aromatic heterocycles. The van der Waals surface area contributed by atoms with Crippen LogP contribution < -0.4 is 5.32 Å². The highest BCUT2D eigenvalue weighted by Crippen LogP contribution is 2.15. The van der Waals surface area contributed by atoms with Gasteiger partial charge in [0.25, 0.3) is 5.91 Å². The van der Waals surface area contributed by atoms with Gasteiger partial charge in [-0.25, -0.2) is 0 Å². The van der Waals surface area contributed by atoms with Crippen molar-refractivity contribution in [3.05, 3.63) is 9.47 Å². The van der Waals surface area contributed by atoms with Crippen molar-refractivity contribution in [2.24, 2.45) is 0 Å². The highest BCUT2D eigenvalue weighted by atomic mass is 35.5. The van der Waals surface area contributed by atoms with Gasteiger partial charge in [-0.3, -0.25) is 4.79 Å². The number of hydrogen-bond acceptors (Lipinski definition) is 4. The molecule has 1 atom stereocenters. The molecule has 1 amide bonds. The normalized spacial score (nSPS) is 12.4. The number of hydrogen-bond donors (Lipinski definition) is 1. The lowest BCUT2D eigenvalue weighted by Gasteiger charge is -2.12. The van der Waals surface area contributed by atoms with Crippen LogP contribution in [0, 0.1) is 0 Å². The summed E-state index contributed by atoms with van der Waals surface area (Å²) in [6.07, 6.45) is 5.85. The second kappa shape index (κ2) is 7.61. The van der Waals surface area contributed by atoms with E-state index < -0.39 is 0 Å². The maximum Gasteiger partial charge on any atom is 0.282 e. The van der Waals surface area contributed by atoms with Gasteiger partial charge in [0.2, 0.25) is 9.47 Å². The average Bonchev–Trinajstić information content (AvgIpc) is 2.71. The van der Waals surface area contributed by atoms with Crippen LogP contribution >= 0.6 is 22.9 Å². The molecule has 0 radical (unpaired) electrons. The fourth-order valence-electron chi connectivity index (χ4n) is 1.53. The average molecular weight is 276 g/mol. The smallest absolute Gasteiger partial charge is 0.282 e. The Morgan fingerprint density at radius 2 is 2.18 bits per heavy atom. The van der Waals surface area contributed by atoms with Crippen LogP contribution in [0.2, 0.25) is 4.47 Å². The Kier molecular flexibility index (Phi) is 6.44.